The molecule has 0 aliphatic heterocycles. The zero-order valence-electron chi connectivity index (χ0n) is 15.0. The first-order valence-corrected chi connectivity index (χ1v) is 8.46. The number of rotatable bonds is 4. The third-order valence-electron chi connectivity index (χ3n) is 4.30. The molecular formula is C19H15F6N3O. The van der Waals surface area contributed by atoms with Gasteiger partial charge in [-0.05, 0) is 36.8 Å². The van der Waals surface area contributed by atoms with Crippen LogP contribution in [-0.2, 0) is 23.7 Å². The second-order valence-corrected chi connectivity index (χ2v) is 6.42. The number of para-hydroxylation sites is 2. The average molecular weight is 415 g/mol. The number of nitrogens with zero attached hydrogens (tertiary/aromatic N) is 2. The van der Waals surface area contributed by atoms with Gasteiger partial charge in [0.05, 0.1) is 22.6 Å². The van der Waals surface area contributed by atoms with Gasteiger partial charge < -0.3 is 9.88 Å². The number of carbonyl (C=O) groups is 1. The van der Waals surface area contributed by atoms with Crippen molar-refractivity contribution in [3.8, 4) is 0 Å². The van der Waals surface area contributed by atoms with Gasteiger partial charge >= 0.3 is 12.4 Å². The summed E-state index contributed by atoms with van der Waals surface area (Å²) in [6, 6.07) is 9.38. The third-order valence-corrected chi connectivity index (χ3v) is 4.30. The fourth-order valence-electron chi connectivity index (χ4n) is 2.95. The Balaban J connectivity index is 1.83. The highest BCUT2D eigenvalue weighted by Crippen LogP contribution is 2.32. The van der Waals surface area contributed by atoms with E-state index in [1.807, 2.05) is 0 Å². The molecule has 3 rings (SSSR count). The minimum atomic E-state index is -4.77. The summed E-state index contributed by atoms with van der Waals surface area (Å²) in [5, 5.41) is 2.43. The lowest BCUT2D eigenvalue weighted by Gasteiger charge is -2.17. The standard InChI is InChI=1S/C19H15F6N3O/c1-11(12-5-4-6-13(9-12)18(20,21)22)26-16(29)10-28-15-8-3-2-7-14(15)27-17(28)19(23,24)25/h2-9,11H,10H2,1H3,(H,26,29). The minimum Gasteiger partial charge on any atom is -0.348 e. The van der Waals surface area contributed by atoms with Gasteiger partial charge in [-0.1, -0.05) is 24.3 Å². The third kappa shape index (κ3) is 4.52. The summed E-state index contributed by atoms with van der Waals surface area (Å²) in [5.74, 6) is -2.01. The maximum Gasteiger partial charge on any atom is 0.449 e. The number of nitrogens with one attached hydrogen (secondary N) is 1. The quantitative estimate of drug-likeness (QED) is 0.613. The van der Waals surface area contributed by atoms with Crippen molar-refractivity contribution in [1.82, 2.24) is 14.9 Å². The molecule has 1 aromatic heterocycles. The van der Waals surface area contributed by atoms with E-state index in [-0.39, 0.29) is 16.6 Å². The van der Waals surface area contributed by atoms with E-state index >= 15 is 0 Å². The van der Waals surface area contributed by atoms with Crippen LogP contribution in [0.2, 0.25) is 0 Å². The lowest BCUT2D eigenvalue weighted by atomic mass is 10.0. The van der Waals surface area contributed by atoms with Crippen LogP contribution < -0.4 is 5.32 Å². The van der Waals surface area contributed by atoms with Crippen molar-refractivity contribution in [3.63, 3.8) is 0 Å². The van der Waals surface area contributed by atoms with Crippen molar-refractivity contribution in [1.29, 1.82) is 0 Å². The van der Waals surface area contributed by atoms with Crippen LogP contribution in [0.25, 0.3) is 11.0 Å². The van der Waals surface area contributed by atoms with Gasteiger partial charge in [-0.25, -0.2) is 4.98 Å². The second-order valence-electron chi connectivity index (χ2n) is 6.42. The van der Waals surface area contributed by atoms with Gasteiger partial charge in [-0.2, -0.15) is 26.3 Å². The van der Waals surface area contributed by atoms with Gasteiger partial charge in [-0.15, -0.1) is 0 Å². The van der Waals surface area contributed by atoms with Gasteiger partial charge in [0.25, 0.3) is 0 Å². The highest BCUT2D eigenvalue weighted by atomic mass is 19.4. The molecule has 0 fully saturated rings. The highest BCUT2D eigenvalue weighted by molar-refractivity contribution is 5.81. The van der Waals surface area contributed by atoms with Gasteiger partial charge in [0.15, 0.2) is 0 Å². The molecule has 1 atom stereocenters. The number of amides is 1. The van der Waals surface area contributed by atoms with Crippen LogP contribution in [0.1, 0.15) is 29.9 Å². The number of alkyl halides is 6. The number of halogens is 6. The molecular weight excluding hydrogens is 400 g/mol. The van der Waals surface area contributed by atoms with Crippen molar-refractivity contribution in [2.45, 2.75) is 31.9 Å². The molecule has 3 aromatic rings. The zero-order chi connectivity index (χ0) is 21.4. The van der Waals surface area contributed by atoms with Crippen molar-refractivity contribution < 1.29 is 31.1 Å². The van der Waals surface area contributed by atoms with Crippen LogP contribution >= 0.6 is 0 Å². The Morgan fingerprint density at radius 3 is 2.38 bits per heavy atom. The molecule has 0 aliphatic rings. The summed E-state index contributed by atoms with van der Waals surface area (Å²) < 4.78 is 79.2. The fraction of sp³-hybridized carbons (Fsp3) is 0.263. The van der Waals surface area contributed by atoms with E-state index in [2.05, 4.69) is 10.3 Å². The number of hydrogen-bond donors (Lipinski definition) is 1. The number of fused-ring (bicyclic) bond motifs is 1. The lowest BCUT2D eigenvalue weighted by Crippen LogP contribution is -2.31. The number of aromatic nitrogens is 2. The predicted molar refractivity (Wildman–Crippen MR) is 92.7 cm³/mol. The Morgan fingerprint density at radius 2 is 1.72 bits per heavy atom. The van der Waals surface area contributed by atoms with Crippen LogP contribution in [0.15, 0.2) is 48.5 Å². The Bertz CT molecular complexity index is 1040. The van der Waals surface area contributed by atoms with Crippen molar-refractivity contribution in [2.24, 2.45) is 0 Å². The van der Waals surface area contributed by atoms with E-state index in [1.54, 1.807) is 0 Å². The molecule has 2 aromatic carbocycles. The van der Waals surface area contributed by atoms with Crippen molar-refractivity contribution >= 4 is 16.9 Å². The average Bonchev–Trinajstić information content (AvgIpc) is 3.00. The van der Waals surface area contributed by atoms with Crippen LogP contribution in [0.4, 0.5) is 26.3 Å². The summed E-state index contributed by atoms with van der Waals surface area (Å²) in [4.78, 5) is 15.9. The molecule has 4 nitrogen and oxygen atoms in total. The fourth-order valence-corrected chi connectivity index (χ4v) is 2.95. The molecule has 0 saturated heterocycles. The maximum atomic E-state index is 13.3. The van der Waals surface area contributed by atoms with E-state index in [4.69, 9.17) is 0 Å². The van der Waals surface area contributed by atoms with Crippen molar-refractivity contribution in [2.75, 3.05) is 0 Å². The van der Waals surface area contributed by atoms with Crippen molar-refractivity contribution in [3.05, 3.63) is 65.5 Å². The van der Waals surface area contributed by atoms with Gasteiger partial charge in [-0.3, -0.25) is 4.79 Å². The zero-order valence-corrected chi connectivity index (χ0v) is 15.0. The molecule has 29 heavy (non-hydrogen) atoms. The molecule has 154 valence electrons. The number of carbonyl (C=O) groups excluding carboxylic acids is 1. The molecule has 10 heteroatoms. The van der Waals surface area contributed by atoms with E-state index < -0.39 is 42.2 Å². The maximum absolute atomic E-state index is 13.3. The number of benzene rings is 2. The molecule has 1 amide bonds. The SMILES string of the molecule is CC(NC(=O)Cn1c(C(F)(F)F)nc2ccccc21)c1cccc(C(F)(F)F)c1. The first-order chi connectivity index (χ1) is 13.5. The summed E-state index contributed by atoms with van der Waals surface area (Å²) >= 11 is 0. The Morgan fingerprint density at radius 1 is 1.03 bits per heavy atom. The minimum absolute atomic E-state index is 0.0820. The summed E-state index contributed by atoms with van der Waals surface area (Å²) in [7, 11) is 0. The first kappa shape index (κ1) is 20.7. The molecule has 1 unspecified atom stereocenters. The van der Waals surface area contributed by atoms with E-state index in [1.165, 1.54) is 43.3 Å². The molecule has 0 aliphatic carbocycles. The Labute approximate surface area is 161 Å². The van der Waals surface area contributed by atoms with Crippen LogP contribution in [-0.4, -0.2) is 15.5 Å². The van der Waals surface area contributed by atoms with Crippen LogP contribution in [0.3, 0.4) is 0 Å². The topological polar surface area (TPSA) is 46.9 Å². The second kappa shape index (κ2) is 7.41. The lowest BCUT2D eigenvalue weighted by molar-refractivity contribution is -0.147. The monoisotopic (exact) mass is 415 g/mol. The van der Waals surface area contributed by atoms with Crippen LogP contribution in [0, 0.1) is 0 Å². The first-order valence-electron chi connectivity index (χ1n) is 8.46. The Kier molecular flexibility index (Phi) is 5.29. The molecule has 1 N–H and O–H groups in total. The Hall–Kier alpha value is -3.04. The van der Waals surface area contributed by atoms with E-state index in [0.29, 0.717) is 0 Å². The molecule has 1 heterocycles. The van der Waals surface area contributed by atoms with E-state index in [9.17, 15) is 31.1 Å². The smallest absolute Gasteiger partial charge is 0.348 e. The van der Waals surface area contributed by atoms with E-state index in [0.717, 1.165) is 16.7 Å². The van der Waals surface area contributed by atoms with Gasteiger partial charge in [0.1, 0.15) is 6.54 Å². The predicted octanol–water partition coefficient (Wildman–Crippen LogP) is 4.95. The number of hydrogen-bond acceptors (Lipinski definition) is 2. The summed E-state index contributed by atoms with van der Waals surface area (Å²) in [6.07, 6.45) is -9.32. The normalized spacial score (nSPS) is 13.5. The summed E-state index contributed by atoms with van der Waals surface area (Å²) in [6.45, 7) is 0.767. The van der Waals surface area contributed by atoms with Gasteiger partial charge in [0.2, 0.25) is 11.7 Å². The molecule has 0 spiro atoms. The molecule has 0 saturated carbocycles. The molecule has 0 bridgehead atoms. The summed E-state index contributed by atoms with van der Waals surface area (Å²) in [5.41, 5.74) is -0.490. The van der Waals surface area contributed by atoms with Gasteiger partial charge in [0, 0.05) is 0 Å². The molecule has 0 radical (unpaired) electrons. The van der Waals surface area contributed by atoms with Crippen LogP contribution in [0.5, 0.6) is 0 Å². The largest absolute Gasteiger partial charge is 0.449 e. The number of imidazole rings is 1. The highest BCUT2D eigenvalue weighted by Gasteiger charge is 2.38.